The number of aromatic nitrogens is 2. The molecule has 3 aromatic rings. The van der Waals surface area contributed by atoms with Crippen LogP contribution in [0.15, 0.2) is 35.3 Å². The largest absolute Gasteiger partial charge is 0.372 e. The van der Waals surface area contributed by atoms with E-state index < -0.39 is 0 Å². The highest BCUT2D eigenvalue weighted by molar-refractivity contribution is 7.08. The quantitative estimate of drug-likeness (QED) is 0.609. The van der Waals surface area contributed by atoms with E-state index in [1.165, 1.54) is 0 Å². The van der Waals surface area contributed by atoms with Gasteiger partial charge in [0, 0.05) is 36.4 Å². The Morgan fingerprint density at radius 1 is 1.26 bits per heavy atom. The molecular weight excluding hydrogens is 358 g/mol. The highest BCUT2D eigenvalue weighted by Crippen LogP contribution is 2.19. The van der Waals surface area contributed by atoms with Crippen molar-refractivity contribution in [3.63, 3.8) is 0 Å². The van der Waals surface area contributed by atoms with Crippen molar-refractivity contribution in [2.45, 2.75) is 33.0 Å². The first-order valence-corrected chi connectivity index (χ1v) is 9.92. The summed E-state index contributed by atoms with van der Waals surface area (Å²) in [5.41, 5.74) is 4.02. The average molecular weight is 379 g/mol. The molecule has 27 heavy (non-hydrogen) atoms. The Bertz CT molecular complexity index is 1030. The number of fused-ring (bicyclic) bond motifs is 1. The zero-order valence-corrected chi connectivity index (χ0v) is 16.4. The fourth-order valence-corrected chi connectivity index (χ4v) is 4.03. The maximum absolute atomic E-state index is 13.0. The summed E-state index contributed by atoms with van der Waals surface area (Å²) in [6.45, 7) is 7.14. The summed E-state index contributed by atoms with van der Waals surface area (Å²) in [5, 5.41) is 4.01. The van der Waals surface area contributed by atoms with E-state index in [-0.39, 0.29) is 18.1 Å². The number of ether oxygens (including phenoxy) is 1. The molecule has 3 aromatic heterocycles. The molecule has 0 N–H and O–H groups in total. The van der Waals surface area contributed by atoms with Crippen molar-refractivity contribution in [2.75, 3.05) is 13.1 Å². The third-order valence-electron chi connectivity index (χ3n) is 4.51. The first-order chi connectivity index (χ1) is 13.0. The van der Waals surface area contributed by atoms with Crippen LogP contribution in [0.1, 0.15) is 41.2 Å². The van der Waals surface area contributed by atoms with Gasteiger partial charge >= 0.3 is 0 Å². The summed E-state index contributed by atoms with van der Waals surface area (Å²) in [7, 11) is 0. The molecule has 0 spiro atoms. The minimum Gasteiger partial charge on any atom is -0.372 e. The maximum Gasteiger partial charge on any atom is 0.255 e. The molecule has 4 heterocycles. The number of amides is 1. The highest BCUT2D eigenvalue weighted by atomic mass is 32.1. The summed E-state index contributed by atoms with van der Waals surface area (Å²) in [6.07, 6.45) is 3.88. The first-order valence-electron chi connectivity index (χ1n) is 8.98. The summed E-state index contributed by atoms with van der Waals surface area (Å²) < 4.78 is 7.68. The standard InChI is InChI=1S/C21H21N3O2S/c1-14-9-23-12-18(21(25)24-10-15(2)26-16(3)11-24)8-20(23)19(22-14)5-4-17-6-7-27-13-17/h6-9,12-13,15-16H,10-11H2,1-3H3/t15-,16+. The lowest BCUT2D eigenvalue weighted by Gasteiger charge is -2.35. The Morgan fingerprint density at radius 3 is 2.74 bits per heavy atom. The van der Waals surface area contributed by atoms with Gasteiger partial charge in [0.25, 0.3) is 5.91 Å². The second-order valence-electron chi connectivity index (χ2n) is 6.98. The molecule has 1 amide bonds. The van der Waals surface area contributed by atoms with Crippen LogP contribution in [0, 0.1) is 18.8 Å². The van der Waals surface area contributed by atoms with Crippen molar-refractivity contribution >= 4 is 22.8 Å². The minimum absolute atomic E-state index is 0.0232. The Morgan fingerprint density at radius 2 is 2.04 bits per heavy atom. The van der Waals surface area contributed by atoms with Gasteiger partial charge in [-0.1, -0.05) is 5.92 Å². The van der Waals surface area contributed by atoms with E-state index in [1.54, 1.807) is 11.3 Å². The zero-order chi connectivity index (χ0) is 19.0. The van der Waals surface area contributed by atoms with Gasteiger partial charge in [0.15, 0.2) is 0 Å². The highest BCUT2D eigenvalue weighted by Gasteiger charge is 2.27. The molecule has 2 atom stereocenters. The smallest absolute Gasteiger partial charge is 0.255 e. The summed E-state index contributed by atoms with van der Waals surface area (Å²) >= 11 is 1.62. The third-order valence-corrected chi connectivity index (χ3v) is 5.19. The zero-order valence-electron chi connectivity index (χ0n) is 15.6. The summed E-state index contributed by atoms with van der Waals surface area (Å²) in [6, 6.07) is 3.87. The van der Waals surface area contributed by atoms with Gasteiger partial charge in [0.1, 0.15) is 5.69 Å². The fourth-order valence-electron chi connectivity index (χ4n) is 3.44. The number of morpholine rings is 1. The number of hydrogen-bond donors (Lipinski definition) is 0. The lowest BCUT2D eigenvalue weighted by atomic mass is 10.2. The van der Waals surface area contributed by atoms with Crippen LogP contribution >= 0.6 is 11.3 Å². The Hall–Kier alpha value is -2.62. The van der Waals surface area contributed by atoms with Crippen molar-refractivity contribution in [3.05, 3.63) is 57.8 Å². The van der Waals surface area contributed by atoms with Crippen molar-refractivity contribution in [1.82, 2.24) is 14.3 Å². The van der Waals surface area contributed by atoms with Crippen LogP contribution in [0.5, 0.6) is 0 Å². The van der Waals surface area contributed by atoms with Crippen LogP contribution in [-0.4, -0.2) is 45.5 Å². The summed E-state index contributed by atoms with van der Waals surface area (Å²) in [5.74, 6) is 6.33. The molecule has 4 rings (SSSR count). The van der Waals surface area contributed by atoms with E-state index in [0.717, 1.165) is 16.8 Å². The third kappa shape index (κ3) is 3.75. The molecule has 1 aliphatic rings. The van der Waals surface area contributed by atoms with Crippen molar-refractivity contribution in [2.24, 2.45) is 0 Å². The summed E-state index contributed by atoms with van der Waals surface area (Å²) in [4.78, 5) is 19.4. The number of rotatable bonds is 1. The Kier molecular flexibility index (Phi) is 4.73. The second kappa shape index (κ2) is 7.18. The first kappa shape index (κ1) is 17.8. The van der Waals surface area contributed by atoms with Gasteiger partial charge in [0.2, 0.25) is 0 Å². The molecular formula is C21H21N3O2S. The second-order valence-corrected chi connectivity index (χ2v) is 7.76. The molecule has 0 aromatic carbocycles. The average Bonchev–Trinajstić information content (AvgIpc) is 3.27. The fraction of sp³-hybridized carbons (Fsp3) is 0.333. The Labute approximate surface area is 162 Å². The predicted octanol–water partition coefficient (Wildman–Crippen LogP) is 3.35. The van der Waals surface area contributed by atoms with Gasteiger partial charge in [-0.3, -0.25) is 4.79 Å². The molecule has 0 unspecified atom stereocenters. The number of aryl methyl sites for hydroxylation is 1. The lowest BCUT2D eigenvalue weighted by Crippen LogP contribution is -2.48. The van der Waals surface area contributed by atoms with Gasteiger partial charge in [-0.15, -0.1) is 0 Å². The molecule has 1 saturated heterocycles. The van der Waals surface area contributed by atoms with E-state index in [1.807, 2.05) is 65.4 Å². The van der Waals surface area contributed by atoms with Crippen molar-refractivity contribution in [1.29, 1.82) is 0 Å². The van der Waals surface area contributed by atoms with Gasteiger partial charge in [-0.05, 0) is 44.2 Å². The van der Waals surface area contributed by atoms with Crippen LogP contribution < -0.4 is 0 Å². The SMILES string of the molecule is Cc1cn2cc(C(=O)N3C[C@@H](C)O[C@@H](C)C3)cc2c(C#Cc2ccsc2)n1. The van der Waals surface area contributed by atoms with Crippen LogP contribution in [-0.2, 0) is 4.74 Å². The number of thiophene rings is 1. The lowest BCUT2D eigenvalue weighted by molar-refractivity contribution is -0.0586. The van der Waals surface area contributed by atoms with E-state index in [0.29, 0.717) is 24.3 Å². The van der Waals surface area contributed by atoms with Crippen molar-refractivity contribution in [3.8, 4) is 11.8 Å². The normalized spacial score (nSPS) is 19.7. The number of nitrogens with zero attached hydrogens (tertiary/aromatic N) is 3. The molecule has 1 aliphatic heterocycles. The van der Waals surface area contributed by atoms with E-state index in [9.17, 15) is 4.79 Å². The number of carbonyl (C=O) groups excluding carboxylic acids is 1. The molecule has 0 saturated carbocycles. The topological polar surface area (TPSA) is 46.8 Å². The molecule has 0 radical (unpaired) electrons. The minimum atomic E-state index is 0.0232. The van der Waals surface area contributed by atoms with Crippen LogP contribution in [0.4, 0.5) is 0 Å². The molecule has 1 fully saturated rings. The predicted molar refractivity (Wildman–Crippen MR) is 106 cm³/mol. The van der Waals surface area contributed by atoms with Gasteiger partial charge in [-0.2, -0.15) is 11.3 Å². The molecule has 0 bridgehead atoms. The Balaban J connectivity index is 1.69. The van der Waals surface area contributed by atoms with Crippen molar-refractivity contribution < 1.29 is 9.53 Å². The molecule has 138 valence electrons. The van der Waals surface area contributed by atoms with Crippen LogP contribution in [0.2, 0.25) is 0 Å². The van der Waals surface area contributed by atoms with Crippen LogP contribution in [0.25, 0.3) is 5.52 Å². The van der Waals surface area contributed by atoms with Crippen LogP contribution in [0.3, 0.4) is 0 Å². The van der Waals surface area contributed by atoms with E-state index in [4.69, 9.17) is 4.74 Å². The van der Waals surface area contributed by atoms with Gasteiger partial charge < -0.3 is 14.0 Å². The molecule has 0 aliphatic carbocycles. The maximum atomic E-state index is 13.0. The molecule has 6 heteroatoms. The number of hydrogen-bond acceptors (Lipinski definition) is 4. The number of carbonyl (C=O) groups is 1. The molecule has 5 nitrogen and oxygen atoms in total. The van der Waals surface area contributed by atoms with Gasteiger partial charge in [-0.25, -0.2) is 4.98 Å². The van der Waals surface area contributed by atoms with E-state index >= 15 is 0 Å². The van der Waals surface area contributed by atoms with E-state index in [2.05, 4.69) is 16.8 Å². The monoisotopic (exact) mass is 379 g/mol. The van der Waals surface area contributed by atoms with Gasteiger partial charge in [0.05, 0.1) is 29.0 Å².